The van der Waals surface area contributed by atoms with Crippen LogP contribution in [-0.4, -0.2) is 61.7 Å². The fourth-order valence-corrected chi connectivity index (χ4v) is 2.14. The van der Waals surface area contributed by atoms with Crippen molar-refractivity contribution in [1.29, 1.82) is 0 Å². The van der Waals surface area contributed by atoms with Crippen LogP contribution in [0.3, 0.4) is 0 Å². The summed E-state index contributed by atoms with van der Waals surface area (Å²) in [5, 5.41) is 0. The van der Waals surface area contributed by atoms with Crippen LogP contribution >= 0.6 is 0 Å². The van der Waals surface area contributed by atoms with Gasteiger partial charge >= 0.3 is 11.9 Å². The Morgan fingerprint density at radius 1 is 0.950 bits per heavy atom. The van der Waals surface area contributed by atoms with Crippen molar-refractivity contribution in [2.45, 2.75) is 50.3 Å². The van der Waals surface area contributed by atoms with Crippen molar-refractivity contribution in [3.8, 4) is 0 Å². The minimum Gasteiger partial charge on any atom is -0.456 e. The van der Waals surface area contributed by atoms with Crippen LogP contribution in [0.1, 0.15) is 13.8 Å². The molecule has 0 amide bonds. The molecular weight excluding hydrogens is 268 g/mol. The summed E-state index contributed by atoms with van der Waals surface area (Å²) >= 11 is 0. The second-order valence-corrected chi connectivity index (χ2v) is 5.12. The molecule has 0 aromatic heterocycles. The summed E-state index contributed by atoms with van der Waals surface area (Å²) in [4.78, 5) is 23.0. The van der Waals surface area contributed by atoms with Gasteiger partial charge < -0.3 is 30.4 Å². The highest BCUT2D eigenvalue weighted by Crippen LogP contribution is 2.30. The van der Waals surface area contributed by atoms with Gasteiger partial charge in [0.25, 0.3) is 0 Å². The first kappa shape index (κ1) is 15.2. The Kier molecular flexibility index (Phi) is 4.59. The average molecular weight is 288 g/mol. The monoisotopic (exact) mass is 288 g/mol. The van der Waals surface area contributed by atoms with Gasteiger partial charge in [0, 0.05) is 0 Å². The van der Waals surface area contributed by atoms with E-state index in [0.717, 1.165) is 0 Å². The average Bonchev–Trinajstić information content (AvgIpc) is 2.93. The molecular formula is C12H20N2O6. The van der Waals surface area contributed by atoms with Crippen molar-refractivity contribution in [3.05, 3.63) is 0 Å². The van der Waals surface area contributed by atoms with Gasteiger partial charge in [-0.3, -0.25) is 9.59 Å². The number of hydrogen-bond acceptors (Lipinski definition) is 8. The summed E-state index contributed by atoms with van der Waals surface area (Å²) in [6.07, 6.45) is -1.94. The highest BCUT2D eigenvalue weighted by atomic mass is 16.7. The zero-order chi connectivity index (χ0) is 14.9. The number of ether oxygens (including phenoxy) is 4. The SMILES string of the molecule is CC(N)C(=O)O[C@H]1CO[C@H]2[C@@H]1OC[C@H]2OC(=O)C(C)N. The lowest BCUT2D eigenvalue weighted by molar-refractivity contribution is -0.156. The van der Waals surface area contributed by atoms with Crippen LogP contribution in [0.5, 0.6) is 0 Å². The first-order valence-corrected chi connectivity index (χ1v) is 6.55. The lowest BCUT2D eigenvalue weighted by Gasteiger charge is -2.18. The molecule has 2 aliphatic heterocycles. The molecule has 2 unspecified atom stereocenters. The normalized spacial score (nSPS) is 35.2. The van der Waals surface area contributed by atoms with Crippen LogP contribution in [0.2, 0.25) is 0 Å². The van der Waals surface area contributed by atoms with Gasteiger partial charge in [-0.05, 0) is 13.8 Å². The van der Waals surface area contributed by atoms with Crippen molar-refractivity contribution >= 4 is 11.9 Å². The van der Waals surface area contributed by atoms with Crippen LogP contribution in [0.15, 0.2) is 0 Å². The van der Waals surface area contributed by atoms with Gasteiger partial charge in [0.15, 0.2) is 12.2 Å². The quantitative estimate of drug-likeness (QED) is 0.587. The van der Waals surface area contributed by atoms with E-state index in [2.05, 4.69) is 0 Å². The molecule has 2 fully saturated rings. The largest absolute Gasteiger partial charge is 0.456 e. The summed E-state index contributed by atoms with van der Waals surface area (Å²) in [6, 6.07) is -1.41. The lowest BCUT2D eigenvalue weighted by atomic mass is 10.1. The maximum absolute atomic E-state index is 11.5. The zero-order valence-electron chi connectivity index (χ0n) is 11.5. The number of carbonyl (C=O) groups is 2. The summed E-state index contributed by atoms with van der Waals surface area (Å²) in [6.45, 7) is 3.47. The zero-order valence-corrected chi connectivity index (χ0v) is 11.5. The third kappa shape index (κ3) is 3.09. The summed E-state index contributed by atoms with van der Waals surface area (Å²) in [7, 11) is 0. The van der Waals surface area contributed by atoms with Crippen molar-refractivity contribution in [2.75, 3.05) is 13.2 Å². The number of rotatable bonds is 4. The van der Waals surface area contributed by atoms with Crippen molar-refractivity contribution in [2.24, 2.45) is 11.5 Å². The van der Waals surface area contributed by atoms with E-state index < -0.39 is 48.4 Å². The maximum atomic E-state index is 11.5. The van der Waals surface area contributed by atoms with Crippen LogP contribution in [0.4, 0.5) is 0 Å². The summed E-state index contributed by atoms with van der Waals surface area (Å²) < 4.78 is 21.4. The molecule has 0 aromatic rings. The smallest absolute Gasteiger partial charge is 0.323 e. The van der Waals surface area contributed by atoms with Crippen LogP contribution in [-0.2, 0) is 28.5 Å². The fourth-order valence-electron chi connectivity index (χ4n) is 2.14. The van der Waals surface area contributed by atoms with E-state index in [4.69, 9.17) is 30.4 Å². The molecule has 0 aliphatic carbocycles. The Balaban J connectivity index is 1.91. The maximum Gasteiger partial charge on any atom is 0.323 e. The molecule has 0 spiro atoms. The predicted molar refractivity (Wildman–Crippen MR) is 66.5 cm³/mol. The van der Waals surface area contributed by atoms with Gasteiger partial charge in [-0.15, -0.1) is 0 Å². The Morgan fingerprint density at radius 3 is 1.60 bits per heavy atom. The molecule has 6 atom stereocenters. The standard InChI is InChI=1S/C12H20N2O6/c1-5(13)11(15)19-7-3-17-10-8(4-18-9(7)10)20-12(16)6(2)14/h5-10H,3-4,13-14H2,1-2H3/t5?,6?,7-,8+,9-,10-/m1/s1. The predicted octanol–water partition coefficient (Wildman–Crippen LogP) is -1.70. The molecule has 8 nitrogen and oxygen atoms in total. The van der Waals surface area contributed by atoms with E-state index in [1.807, 2.05) is 0 Å². The van der Waals surface area contributed by atoms with E-state index in [9.17, 15) is 9.59 Å². The number of carbonyl (C=O) groups excluding carboxylic acids is 2. The van der Waals surface area contributed by atoms with E-state index in [-0.39, 0.29) is 13.2 Å². The van der Waals surface area contributed by atoms with Crippen molar-refractivity contribution < 1.29 is 28.5 Å². The highest BCUT2D eigenvalue weighted by molar-refractivity contribution is 5.75. The van der Waals surface area contributed by atoms with E-state index in [1.54, 1.807) is 13.8 Å². The van der Waals surface area contributed by atoms with Crippen molar-refractivity contribution in [3.63, 3.8) is 0 Å². The Morgan fingerprint density at radius 2 is 1.30 bits per heavy atom. The van der Waals surface area contributed by atoms with E-state index in [0.29, 0.717) is 0 Å². The van der Waals surface area contributed by atoms with E-state index in [1.165, 1.54) is 0 Å². The number of esters is 2. The number of fused-ring (bicyclic) bond motifs is 1. The molecule has 2 rings (SSSR count). The minimum atomic E-state index is -0.706. The highest BCUT2D eigenvalue weighted by Gasteiger charge is 2.51. The third-order valence-corrected chi connectivity index (χ3v) is 3.24. The number of nitrogens with two attached hydrogens (primary N) is 2. The van der Waals surface area contributed by atoms with Gasteiger partial charge in [-0.1, -0.05) is 0 Å². The molecule has 8 heteroatoms. The van der Waals surface area contributed by atoms with Gasteiger partial charge in [-0.2, -0.15) is 0 Å². The van der Waals surface area contributed by atoms with Crippen molar-refractivity contribution in [1.82, 2.24) is 0 Å². The lowest BCUT2D eigenvalue weighted by Crippen LogP contribution is -2.40. The first-order valence-electron chi connectivity index (χ1n) is 6.55. The molecule has 4 N–H and O–H groups in total. The topological polar surface area (TPSA) is 123 Å². The molecule has 20 heavy (non-hydrogen) atoms. The van der Waals surface area contributed by atoms with Crippen LogP contribution in [0, 0.1) is 0 Å². The van der Waals surface area contributed by atoms with Gasteiger partial charge in [-0.25, -0.2) is 0 Å². The molecule has 0 aromatic carbocycles. The summed E-state index contributed by atoms with van der Waals surface area (Å²) in [5.74, 6) is -1.03. The molecule has 2 heterocycles. The molecule has 0 bridgehead atoms. The molecule has 2 saturated heterocycles. The van der Waals surface area contributed by atoms with Crippen LogP contribution < -0.4 is 11.5 Å². The van der Waals surface area contributed by atoms with Gasteiger partial charge in [0.1, 0.15) is 24.3 Å². The second-order valence-electron chi connectivity index (χ2n) is 5.12. The van der Waals surface area contributed by atoms with Gasteiger partial charge in [0.2, 0.25) is 0 Å². The fraction of sp³-hybridized carbons (Fsp3) is 0.833. The Labute approximate surface area is 116 Å². The van der Waals surface area contributed by atoms with Gasteiger partial charge in [0.05, 0.1) is 13.2 Å². The Bertz CT molecular complexity index is 350. The third-order valence-electron chi connectivity index (χ3n) is 3.24. The molecule has 2 aliphatic rings. The second kappa shape index (κ2) is 6.04. The Hall–Kier alpha value is -1.22. The van der Waals surface area contributed by atoms with E-state index >= 15 is 0 Å². The first-order chi connectivity index (χ1) is 9.40. The minimum absolute atomic E-state index is 0.194. The molecule has 0 saturated carbocycles. The summed E-state index contributed by atoms with van der Waals surface area (Å²) in [5.41, 5.74) is 10.9. The molecule has 114 valence electrons. The number of hydrogen-bond donors (Lipinski definition) is 2. The molecule has 0 radical (unpaired) electrons. The van der Waals surface area contributed by atoms with Crippen LogP contribution in [0.25, 0.3) is 0 Å².